The fourth-order valence-corrected chi connectivity index (χ4v) is 3.64. The number of rotatable bonds is 3. The number of aliphatic hydroxyl groups excluding tert-OH is 1. The number of carbonyl (C=O) groups is 2. The van der Waals surface area contributed by atoms with Gasteiger partial charge < -0.3 is 24.6 Å². The number of Topliss-reactive ketones (excluding diaryl/α,β-unsaturated/α-hetero) is 1. The number of nitrogens with one attached hydrogen (secondary N) is 1. The van der Waals surface area contributed by atoms with Crippen molar-refractivity contribution in [1.82, 2.24) is 5.32 Å². The van der Waals surface area contributed by atoms with Gasteiger partial charge >= 0.3 is 6.09 Å². The fourth-order valence-electron chi connectivity index (χ4n) is 3.64. The minimum atomic E-state index is -0.764. The summed E-state index contributed by atoms with van der Waals surface area (Å²) >= 11 is 0. The summed E-state index contributed by atoms with van der Waals surface area (Å²) in [6, 6.07) is 12.2. The number of ketones is 1. The first-order chi connectivity index (χ1) is 15.2. The van der Waals surface area contributed by atoms with E-state index in [0.29, 0.717) is 30.1 Å². The molecule has 7 heteroatoms. The lowest BCUT2D eigenvalue weighted by atomic mass is 9.90. The molecular formula is C25H31NO6. The first kappa shape index (κ1) is 23.6. The van der Waals surface area contributed by atoms with Gasteiger partial charge in [-0.1, -0.05) is 18.2 Å². The van der Waals surface area contributed by atoms with Gasteiger partial charge in [-0.25, -0.2) is 4.79 Å². The zero-order valence-corrected chi connectivity index (χ0v) is 19.0. The molecule has 172 valence electrons. The lowest BCUT2D eigenvalue weighted by Gasteiger charge is -2.24. The van der Waals surface area contributed by atoms with Crippen LogP contribution in [0.2, 0.25) is 0 Å². The largest absolute Gasteiger partial charge is 0.493 e. The number of amides is 1. The fraction of sp³-hybridized carbons (Fsp3) is 0.440. The van der Waals surface area contributed by atoms with Crippen molar-refractivity contribution in [2.75, 3.05) is 13.7 Å². The van der Waals surface area contributed by atoms with Crippen molar-refractivity contribution in [3.63, 3.8) is 0 Å². The molecule has 0 radical (unpaired) electrons. The normalized spacial score (nSPS) is 19.0. The van der Waals surface area contributed by atoms with Gasteiger partial charge in [0.25, 0.3) is 0 Å². The highest BCUT2D eigenvalue weighted by molar-refractivity contribution is 5.88. The number of methoxy groups -OCH3 is 1. The van der Waals surface area contributed by atoms with Crippen molar-refractivity contribution in [2.24, 2.45) is 5.92 Å². The number of benzene rings is 2. The van der Waals surface area contributed by atoms with Crippen molar-refractivity contribution >= 4 is 11.9 Å². The van der Waals surface area contributed by atoms with Crippen LogP contribution in [0.5, 0.6) is 17.2 Å². The molecule has 0 aromatic heterocycles. The molecular weight excluding hydrogens is 410 g/mol. The lowest BCUT2D eigenvalue weighted by molar-refractivity contribution is -0.122. The van der Waals surface area contributed by atoms with Crippen LogP contribution in [0.15, 0.2) is 42.5 Å². The van der Waals surface area contributed by atoms with Crippen LogP contribution in [-0.4, -0.2) is 42.3 Å². The van der Waals surface area contributed by atoms with Crippen LogP contribution in [0.25, 0.3) is 0 Å². The number of aliphatic hydroxyl groups is 1. The van der Waals surface area contributed by atoms with Gasteiger partial charge in [0.05, 0.1) is 13.2 Å². The minimum absolute atomic E-state index is 0.122. The molecule has 2 aliphatic heterocycles. The quantitative estimate of drug-likeness (QED) is 0.746. The van der Waals surface area contributed by atoms with E-state index in [2.05, 4.69) is 5.32 Å². The maximum absolute atomic E-state index is 13.2. The van der Waals surface area contributed by atoms with Crippen LogP contribution in [0, 0.1) is 5.92 Å². The van der Waals surface area contributed by atoms with Crippen LogP contribution < -0.4 is 14.8 Å². The second kappa shape index (κ2) is 10.0. The van der Waals surface area contributed by atoms with E-state index in [9.17, 15) is 14.7 Å². The number of fused-ring (bicyclic) bond motifs is 7. The summed E-state index contributed by atoms with van der Waals surface area (Å²) in [6.07, 6.45) is 0.277. The average molecular weight is 442 g/mol. The predicted molar refractivity (Wildman–Crippen MR) is 120 cm³/mol. The second-order valence-electron chi connectivity index (χ2n) is 9.06. The molecule has 2 atom stereocenters. The standard InChI is InChI=1S/C25H31NO6/c1-25(2,3)32-24(29)26-20-12-16-5-8-19(9-6-16)31-23-14-17(7-10-22(23)30-4)11-18(15-27)13-21(20)28/h5-10,14,18,20,27H,11-13,15H2,1-4H3,(H,26,29)/t18-,20+/m1/s1. The smallest absolute Gasteiger partial charge is 0.408 e. The van der Waals surface area contributed by atoms with Crippen molar-refractivity contribution in [1.29, 1.82) is 0 Å². The van der Waals surface area contributed by atoms with Crippen LogP contribution in [-0.2, 0) is 22.4 Å². The monoisotopic (exact) mass is 441 g/mol. The molecule has 4 rings (SSSR count). The summed E-state index contributed by atoms with van der Waals surface area (Å²) in [5.41, 5.74) is 1.11. The molecule has 0 fully saturated rings. The minimum Gasteiger partial charge on any atom is -0.493 e. The third-order valence-electron chi connectivity index (χ3n) is 5.17. The van der Waals surface area contributed by atoms with Gasteiger partial charge in [-0.2, -0.15) is 0 Å². The summed E-state index contributed by atoms with van der Waals surface area (Å²) in [7, 11) is 1.58. The number of alkyl carbamates (subject to hydrolysis) is 1. The molecule has 2 aromatic rings. The Morgan fingerprint density at radius 1 is 1.09 bits per heavy atom. The van der Waals surface area contributed by atoms with Gasteiger partial charge in [-0.15, -0.1) is 0 Å². The Morgan fingerprint density at radius 2 is 1.78 bits per heavy atom. The van der Waals surface area contributed by atoms with Crippen molar-refractivity contribution in [3.05, 3.63) is 53.6 Å². The number of hydrogen-bond acceptors (Lipinski definition) is 6. The van der Waals surface area contributed by atoms with E-state index >= 15 is 0 Å². The zero-order chi connectivity index (χ0) is 23.3. The number of hydrogen-bond donors (Lipinski definition) is 2. The molecule has 0 saturated heterocycles. The van der Waals surface area contributed by atoms with Gasteiger partial charge in [0, 0.05) is 13.0 Å². The molecule has 0 spiro atoms. The summed E-state index contributed by atoms with van der Waals surface area (Å²) in [5.74, 6) is 1.35. The molecule has 7 nitrogen and oxygen atoms in total. The summed E-state index contributed by atoms with van der Waals surface area (Å²) < 4.78 is 16.8. The van der Waals surface area contributed by atoms with E-state index in [1.165, 1.54) is 0 Å². The maximum atomic E-state index is 13.2. The highest BCUT2D eigenvalue weighted by Crippen LogP contribution is 2.34. The van der Waals surface area contributed by atoms with Crippen LogP contribution in [0.4, 0.5) is 4.79 Å². The number of ether oxygens (including phenoxy) is 3. The first-order valence-electron chi connectivity index (χ1n) is 10.7. The van der Waals surface area contributed by atoms with Crippen molar-refractivity contribution in [3.8, 4) is 17.2 Å². The Hall–Kier alpha value is -3.06. The molecule has 2 N–H and O–H groups in total. The Labute approximate surface area is 188 Å². The lowest BCUT2D eigenvalue weighted by Crippen LogP contribution is -2.45. The molecule has 0 saturated carbocycles. The first-order valence-corrected chi connectivity index (χ1v) is 10.7. The zero-order valence-electron chi connectivity index (χ0n) is 19.0. The van der Waals surface area contributed by atoms with E-state index in [4.69, 9.17) is 14.2 Å². The second-order valence-corrected chi connectivity index (χ2v) is 9.06. The average Bonchev–Trinajstić information content (AvgIpc) is 2.72. The van der Waals surface area contributed by atoms with E-state index in [0.717, 1.165) is 11.1 Å². The van der Waals surface area contributed by atoms with E-state index < -0.39 is 17.7 Å². The maximum Gasteiger partial charge on any atom is 0.408 e. The Morgan fingerprint density at radius 3 is 2.41 bits per heavy atom. The molecule has 32 heavy (non-hydrogen) atoms. The summed E-state index contributed by atoms with van der Waals surface area (Å²) in [6.45, 7) is 5.16. The molecule has 0 unspecified atom stereocenters. The molecule has 1 amide bonds. The molecule has 2 aliphatic rings. The third kappa shape index (κ3) is 6.47. The van der Waals surface area contributed by atoms with Crippen molar-refractivity contribution < 1.29 is 28.9 Å². The summed E-state index contributed by atoms with van der Waals surface area (Å²) in [4.78, 5) is 25.5. The van der Waals surface area contributed by atoms with E-state index in [1.807, 2.05) is 42.5 Å². The molecule has 0 aliphatic carbocycles. The summed E-state index contributed by atoms with van der Waals surface area (Å²) in [5, 5.41) is 12.6. The topological polar surface area (TPSA) is 94.1 Å². The van der Waals surface area contributed by atoms with Crippen LogP contribution >= 0.6 is 0 Å². The Kier molecular flexibility index (Phi) is 7.40. The SMILES string of the molecule is COc1ccc2cc1Oc1ccc(cc1)C[C@H](NC(=O)OC(C)(C)C)C(=O)C[C@H](CO)C2. The van der Waals surface area contributed by atoms with Gasteiger partial charge in [-0.05, 0) is 74.9 Å². The van der Waals surface area contributed by atoms with E-state index in [1.54, 1.807) is 27.9 Å². The van der Waals surface area contributed by atoms with E-state index in [-0.39, 0.29) is 24.7 Å². The van der Waals surface area contributed by atoms with Gasteiger partial charge in [0.1, 0.15) is 11.4 Å². The van der Waals surface area contributed by atoms with Gasteiger partial charge in [-0.3, -0.25) is 4.79 Å². The van der Waals surface area contributed by atoms with Gasteiger partial charge in [0.2, 0.25) is 0 Å². The van der Waals surface area contributed by atoms with Crippen molar-refractivity contribution in [2.45, 2.75) is 51.7 Å². The third-order valence-corrected chi connectivity index (χ3v) is 5.17. The Bertz CT molecular complexity index is 948. The molecule has 2 aromatic carbocycles. The number of carbonyl (C=O) groups excluding carboxylic acids is 2. The van der Waals surface area contributed by atoms with Crippen LogP contribution in [0.1, 0.15) is 38.3 Å². The van der Waals surface area contributed by atoms with Crippen LogP contribution in [0.3, 0.4) is 0 Å². The molecule has 2 heterocycles. The molecule has 4 bridgehead atoms. The highest BCUT2D eigenvalue weighted by atomic mass is 16.6. The highest BCUT2D eigenvalue weighted by Gasteiger charge is 2.27. The predicted octanol–water partition coefficient (Wildman–Crippen LogP) is 4.05. The Balaban J connectivity index is 1.92. The van der Waals surface area contributed by atoms with Gasteiger partial charge in [0.15, 0.2) is 17.3 Å².